The fraction of sp³-hybridized carbons (Fsp3) is 0.308. The molecule has 3 nitrogen and oxygen atoms in total. The van der Waals surface area contributed by atoms with Crippen molar-refractivity contribution in [2.45, 2.75) is 26.9 Å². The highest BCUT2D eigenvalue weighted by atomic mass is 35.5. The van der Waals surface area contributed by atoms with Crippen molar-refractivity contribution in [2.24, 2.45) is 0 Å². The summed E-state index contributed by atoms with van der Waals surface area (Å²) in [4.78, 5) is 0. The van der Waals surface area contributed by atoms with Crippen molar-refractivity contribution in [3.63, 3.8) is 0 Å². The third kappa shape index (κ3) is 2.61. The summed E-state index contributed by atoms with van der Waals surface area (Å²) in [5.41, 5.74) is 3.32. The van der Waals surface area contributed by atoms with E-state index in [4.69, 9.17) is 11.6 Å². The summed E-state index contributed by atoms with van der Waals surface area (Å²) in [7, 11) is 0. The summed E-state index contributed by atoms with van der Waals surface area (Å²) in [5, 5.41) is 8.41. The van der Waals surface area contributed by atoms with Gasteiger partial charge in [-0.25, -0.2) is 0 Å². The highest BCUT2D eigenvalue weighted by Crippen LogP contribution is 2.23. The van der Waals surface area contributed by atoms with Gasteiger partial charge in [0.15, 0.2) is 0 Å². The van der Waals surface area contributed by atoms with Gasteiger partial charge < -0.3 is 5.32 Å². The van der Waals surface area contributed by atoms with E-state index >= 15 is 0 Å². The van der Waals surface area contributed by atoms with Gasteiger partial charge in [0, 0.05) is 23.5 Å². The standard InChI is InChI=1S/C13H16ClN3/c1-3-17-11(7-8-16-17)9-15-13-6-4-5-12(14)10(13)2/h4-8,15H,3,9H2,1-2H3. The van der Waals surface area contributed by atoms with Crippen molar-refractivity contribution in [1.29, 1.82) is 0 Å². The van der Waals surface area contributed by atoms with Crippen LogP contribution in [0.4, 0.5) is 5.69 Å². The van der Waals surface area contributed by atoms with Gasteiger partial charge in [0.25, 0.3) is 0 Å². The van der Waals surface area contributed by atoms with Gasteiger partial charge in [0.2, 0.25) is 0 Å². The molecule has 90 valence electrons. The van der Waals surface area contributed by atoms with E-state index in [-0.39, 0.29) is 0 Å². The van der Waals surface area contributed by atoms with Crippen LogP contribution in [0.25, 0.3) is 0 Å². The largest absolute Gasteiger partial charge is 0.379 e. The monoisotopic (exact) mass is 249 g/mol. The Hall–Kier alpha value is -1.48. The van der Waals surface area contributed by atoms with Crippen molar-refractivity contribution < 1.29 is 0 Å². The Morgan fingerprint density at radius 3 is 2.94 bits per heavy atom. The van der Waals surface area contributed by atoms with Crippen LogP contribution in [0.5, 0.6) is 0 Å². The van der Waals surface area contributed by atoms with Crippen LogP contribution in [0.15, 0.2) is 30.5 Å². The molecular weight excluding hydrogens is 234 g/mol. The number of nitrogens with zero attached hydrogens (tertiary/aromatic N) is 2. The first-order valence-electron chi connectivity index (χ1n) is 5.72. The van der Waals surface area contributed by atoms with Gasteiger partial charge in [-0.2, -0.15) is 5.10 Å². The van der Waals surface area contributed by atoms with Gasteiger partial charge in [0.1, 0.15) is 0 Å². The maximum atomic E-state index is 6.08. The number of halogens is 1. The molecule has 0 atom stereocenters. The van der Waals surface area contributed by atoms with E-state index in [1.807, 2.05) is 42.1 Å². The number of rotatable bonds is 4. The number of nitrogens with one attached hydrogen (secondary N) is 1. The molecule has 0 aliphatic rings. The SMILES string of the molecule is CCn1nccc1CNc1cccc(Cl)c1C. The minimum Gasteiger partial charge on any atom is -0.379 e. The van der Waals surface area contributed by atoms with Gasteiger partial charge in [-0.05, 0) is 37.6 Å². The smallest absolute Gasteiger partial charge is 0.0575 e. The molecule has 0 bridgehead atoms. The van der Waals surface area contributed by atoms with Crippen LogP contribution in [0.1, 0.15) is 18.2 Å². The molecule has 2 rings (SSSR count). The molecular formula is C13H16ClN3. The molecule has 0 amide bonds. The Balaban J connectivity index is 2.10. The molecule has 0 aliphatic carbocycles. The molecule has 0 unspecified atom stereocenters. The highest BCUT2D eigenvalue weighted by molar-refractivity contribution is 6.31. The fourth-order valence-corrected chi connectivity index (χ4v) is 1.95. The summed E-state index contributed by atoms with van der Waals surface area (Å²) in [6, 6.07) is 7.91. The zero-order chi connectivity index (χ0) is 12.3. The zero-order valence-electron chi connectivity index (χ0n) is 10.1. The molecule has 17 heavy (non-hydrogen) atoms. The lowest BCUT2D eigenvalue weighted by Gasteiger charge is -2.11. The second kappa shape index (κ2) is 5.23. The van der Waals surface area contributed by atoms with Crippen LogP contribution in [0.3, 0.4) is 0 Å². The first-order chi connectivity index (χ1) is 8.22. The van der Waals surface area contributed by atoms with Crippen molar-refractivity contribution in [1.82, 2.24) is 9.78 Å². The molecule has 0 saturated carbocycles. The molecule has 1 N–H and O–H groups in total. The molecule has 1 aromatic heterocycles. The number of benzene rings is 1. The summed E-state index contributed by atoms with van der Waals surface area (Å²) < 4.78 is 1.98. The normalized spacial score (nSPS) is 10.5. The Morgan fingerprint density at radius 2 is 2.18 bits per heavy atom. The quantitative estimate of drug-likeness (QED) is 0.899. The lowest BCUT2D eigenvalue weighted by atomic mass is 10.2. The van der Waals surface area contributed by atoms with Gasteiger partial charge in [0.05, 0.1) is 12.2 Å². The second-order valence-electron chi connectivity index (χ2n) is 3.90. The average molecular weight is 250 g/mol. The van der Waals surface area contributed by atoms with Gasteiger partial charge in [-0.15, -0.1) is 0 Å². The molecule has 0 saturated heterocycles. The summed E-state index contributed by atoms with van der Waals surface area (Å²) in [6.45, 7) is 5.75. The van der Waals surface area contributed by atoms with Crippen molar-refractivity contribution in [2.75, 3.05) is 5.32 Å². The van der Waals surface area contributed by atoms with E-state index in [2.05, 4.69) is 17.3 Å². The van der Waals surface area contributed by atoms with Crippen LogP contribution in [-0.4, -0.2) is 9.78 Å². The van der Waals surface area contributed by atoms with E-state index in [0.29, 0.717) is 0 Å². The molecule has 0 radical (unpaired) electrons. The molecule has 0 spiro atoms. The Kier molecular flexibility index (Phi) is 3.69. The van der Waals surface area contributed by atoms with E-state index < -0.39 is 0 Å². The number of aromatic nitrogens is 2. The topological polar surface area (TPSA) is 29.9 Å². The van der Waals surface area contributed by atoms with E-state index in [0.717, 1.165) is 29.4 Å². The highest BCUT2D eigenvalue weighted by Gasteiger charge is 2.03. The molecule has 2 aromatic rings. The number of hydrogen-bond acceptors (Lipinski definition) is 2. The predicted molar refractivity (Wildman–Crippen MR) is 71.4 cm³/mol. The lowest BCUT2D eigenvalue weighted by molar-refractivity contribution is 0.627. The van der Waals surface area contributed by atoms with Crippen LogP contribution < -0.4 is 5.32 Å². The Bertz CT molecular complexity index is 505. The van der Waals surface area contributed by atoms with E-state index in [1.165, 1.54) is 5.69 Å². The summed E-state index contributed by atoms with van der Waals surface area (Å²) >= 11 is 6.08. The maximum absolute atomic E-state index is 6.08. The van der Waals surface area contributed by atoms with Crippen LogP contribution in [0, 0.1) is 6.92 Å². The fourth-order valence-electron chi connectivity index (χ4n) is 1.78. The summed E-state index contributed by atoms with van der Waals surface area (Å²) in [5.74, 6) is 0. The number of hydrogen-bond donors (Lipinski definition) is 1. The van der Waals surface area contributed by atoms with Gasteiger partial charge in [-0.3, -0.25) is 4.68 Å². The van der Waals surface area contributed by atoms with Gasteiger partial charge >= 0.3 is 0 Å². The van der Waals surface area contributed by atoms with Crippen LogP contribution in [-0.2, 0) is 13.1 Å². The molecule has 0 fully saturated rings. The van der Waals surface area contributed by atoms with Crippen LogP contribution >= 0.6 is 11.6 Å². The molecule has 1 heterocycles. The van der Waals surface area contributed by atoms with Crippen molar-refractivity contribution >= 4 is 17.3 Å². The second-order valence-corrected chi connectivity index (χ2v) is 4.31. The summed E-state index contributed by atoms with van der Waals surface area (Å²) in [6.07, 6.45) is 1.82. The maximum Gasteiger partial charge on any atom is 0.0575 e. The van der Waals surface area contributed by atoms with Crippen molar-refractivity contribution in [3.05, 3.63) is 46.7 Å². The Morgan fingerprint density at radius 1 is 1.35 bits per heavy atom. The van der Waals surface area contributed by atoms with E-state index in [9.17, 15) is 0 Å². The predicted octanol–water partition coefficient (Wildman–Crippen LogP) is 3.48. The third-order valence-electron chi connectivity index (χ3n) is 2.83. The number of aryl methyl sites for hydroxylation is 1. The zero-order valence-corrected chi connectivity index (χ0v) is 10.8. The van der Waals surface area contributed by atoms with Crippen molar-refractivity contribution in [3.8, 4) is 0 Å². The molecule has 0 aliphatic heterocycles. The first kappa shape index (κ1) is 12.0. The minimum absolute atomic E-state index is 0.759. The van der Waals surface area contributed by atoms with Crippen LogP contribution in [0.2, 0.25) is 5.02 Å². The minimum atomic E-state index is 0.759. The Labute approximate surface area is 106 Å². The third-order valence-corrected chi connectivity index (χ3v) is 3.24. The van der Waals surface area contributed by atoms with E-state index in [1.54, 1.807) is 0 Å². The lowest BCUT2D eigenvalue weighted by Crippen LogP contribution is -2.08. The number of anilines is 1. The average Bonchev–Trinajstić information content (AvgIpc) is 2.78. The van der Waals surface area contributed by atoms with Gasteiger partial charge in [-0.1, -0.05) is 17.7 Å². The first-order valence-corrected chi connectivity index (χ1v) is 6.10. The molecule has 4 heteroatoms. The molecule has 1 aromatic carbocycles.